The van der Waals surface area contributed by atoms with Crippen LogP contribution < -0.4 is 14.4 Å². The van der Waals surface area contributed by atoms with Gasteiger partial charge < -0.3 is 15.0 Å². The Kier molecular flexibility index (Phi) is 12.4. The van der Waals surface area contributed by atoms with E-state index in [1.807, 2.05) is 30.3 Å². The molecule has 8 nitrogen and oxygen atoms in total. The van der Waals surface area contributed by atoms with Crippen molar-refractivity contribution in [3.8, 4) is 5.75 Å². The summed E-state index contributed by atoms with van der Waals surface area (Å²) < 4.78 is 31.9. The number of methoxy groups -OCH3 is 1. The van der Waals surface area contributed by atoms with Crippen molar-refractivity contribution in [1.82, 2.24) is 10.2 Å². The summed E-state index contributed by atoms with van der Waals surface area (Å²) in [5.41, 5.74) is 1.99. The highest BCUT2D eigenvalue weighted by Crippen LogP contribution is 2.31. The first-order chi connectivity index (χ1) is 21.5. The van der Waals surface area contributed by atoms with Gasteiger partial charge in [-0.25, -0.2) is 8.42 Å². The standard InChI is InChI=1S/C33H38Cl3N3O5S/c1-44-31-17-15-26(21-29(31)36)39(45(2,42)43)18-8-13-32(40)38(22-24-14-16-27(34)28(35)19-24)30(20-23-9-4-3-5-10-23)33(41)37-25-11-6-7-12-25/h3-5,9-10,14-17,19,21,25,30H,6-8,11-13,18,20,22H2,1-2H3,(H,37,41)/t30-/m1/s1. The van der Waals surface area contributed by atoms with Gasteiger partial charge in [-0.1, -0.05) is 84.0 Å². The molecule has 0 saturated heterocycles. The Bertz CT molecular complexity index is 1580. The predicted octanol–water partition coefficient (Wildman–Crippen LogP) is 6.90. The molecule has 0 radical (unpaired) electrons. The molecule has 2 amide bonds. The minimum Gasteiger partial charge on any atom is -0.495 e. The summed E-state index contributed by atoms with van der Waals surface area (Å²) in [7, 11) is -2.22. The van der Waals surface area contributed by atoms with Gasteiger partial charge in [-0.2, -0.15) is 0 Å². The first-order valence-corrected chi connectivity index (χ1v) is 17.8. The number of nitrogens with one attached hydrogen (secondary N) is 1. The lowest BCUT2D eigenvalue weighted by molar-refractivity contribution is -0.141. The first kappa shape index (κ1) is 34.9. The number of amides is 2. The highest BCUT2D eigenvalue weighted by Gasteiger charge is 2.32. The third-order valence-corrected chi connectivity index (χ3v) is 10.1. The van der Waals surface area contributed by atoms with E-state index in [0.717, 1.165) is 43.1 Å². The SMILES string of the molecule is COc1ccc(N(CCCC(=O)N(Cc2ccc(Cl)c(Cl)c2)[C@H](Cc2ccccc2)C(=O)NC2CCCC2)S(C)(=O)=O)cc1Cl. The number of anilines is 1. The monoisotopic (exact) mass is 693 g/mol. The summed E-state index contributed by atoms with van der Waals surface area (Å²) in [5.74, 6) is -0.0862. The van der Waals surface area contributed by atoms with E-state index in [4.69, 9.17) is 39.5 Å². The second kappa shape index (κ2) is 16.0. The fourth-order valence-electron chi connectivity index (χ4n) is 5.57. The van der Waals surface area contributed by atoms with Crippen LogP contribution in [0.15, 0.2) is 66.7 Å². The smallest absolute Gasteiger partial charge is 0.243 e. The van der Waals surface area contributed by atoms with E-state index in [9.17, 15) is 18.0 Å². The number of rotatable bonds is 14. The van der Waals surface area contributed by atoms with Gasteiger partial charge in [0.05, 0.1) is 34.1 Å². The molecule has 0 spiro atoms. The number of halogens is 3. The Labute approximate surface area is 280 Å². The van der Waals surface area contributed by atoms with Crippen LogP contribution in [0.1, 0.15) is 49.7 Å². The molecular formula is C33H38Cl3N3O5S. The number of ether oxygens (including phenoxy) is 1. The van der Waals surface area contributed by atoms with E-state index in [1.54, 1.807) is 35.2 Å². The van der Waals surface area contributed by atoms with E-state index in [0.29, 0.717) is 27.9 Å². The molecule has 3 aromatic carbocycles. The van der Waals surface area contributed by atoms with Gasteiger partial charge in [0.25, 0.3) is 0 Å². The van der Waals surface area contributed by atoms with Crippen molar-refractivity contribution in [3.63, 3.8) is 0 Å². The van der Waals surface area contributed by atoms with Crippen molar-refractivity contribution in [1.29, 1.82) is 0 Å². The van der Waals surface area contributed by atoms with Crippen LogP contribution in [0.4, 0.5) is 5.69 Å². The highest BCUT2D eigenvalue weighted by atomic mass is 35.5. The van der Waals surface area contributed by atoms with Crippen LogP contribution in [-0.2, 0) is 32.6 Å². The third kappa shape index (κ3) is 9.75. The van der Waals surface area contributed by atoms with Crippen molar-refractivity contribution < 1.29 is 22.7 Å². The topological polar surface area (TPSA) is 96.0 Å². The van der Waals surface area contributed by atoms with E-state index in [-0.39, 0.29) is 48.8 Å². The molecular weight excluding hydrogens is 657 g/mol. The number of hydrogen-bond acceptors (Lipinski definition) is 5. The van der Waals surface area contributed by atoms with Crippen molar-refractivity contribution in [2.75, 3.05) is 24.2 Å². The average molecular weight is 695 g/mol. The van der Waals surface area contributed by atoms with Crippen LogP contribution in [0, 0.1) is 0 Å². The molecule has 0 aromatic heterocycles. The average Bonchev–Trinajstić information content (AvgIpc) is 3.51. The van der Waals surface area contributed by atoms with Gasteiger partial charge in [-0.05, 0) is 60.7 Å². The molecule has 12 heteroatoms. The molecule has 1 fully saturated rings. The molecule has 0 bridgehead atoms. The van der Waals surface area contributed by atoms with Crippen LogP contribution in [0.25, 0.3) is 0 Å². The molecule has 1 aliphatic rings. The van der Waals surface area contributed by atoms with Gasteiger partial charge in [0.15, 0.2) is 0 Å². The van der Waals surface area contributed by atoms with Crippen molar-refractivity contribution in [2.24, 2.45) is 0 Å². The third-order valence-electron chi connectivity index (χ3n) is 7.89. The van der Waals surface area contributed by atoms with Crippen LogP contribution >= 0.6 is 34.8 Å². The molecule has 4 rings (SSSR count). The van der Waals surface area contributed by atoms with E-state index >= 15 is 0 Å². The highest BCUT2D eigenvalue weighted by molar-refractivity contribution is 7.92. The van der Waals surface area contributed by atoms with Crippen molar-refractivity contribution in [2.45, 2.75) is 63.6 Å². The number of carbonyl (C=O) groups is 2. The van der Waals surface area contributed by atoms with Crippen molar-refractivity contribution in [3.05, 3.63) is 92.9 Å². The Morgan fingerprint density at radius 2 is 1.64 bits per heavy atom. The van der Waals surface area contributed by atoms with Crippen LogP contribution in [0.3, 0.4) is 0 Å². The summed E-state index contributed by atoms with van der Waals surface area (Å²) in [4.78, 5) is 29.5. The van der Waals surface area contributed by atoms with Crippen LogP contribution in [-0.4, -0.2) is 57.1 Å². The lowest BCUT2D eigenvalue weighted by Crippen LogP contribution is -2.52. The molecule has 1 atom stereocenters. The second-order valence-electron chi connectivity index (χ2n) is 11.2. The fraction of sp³-hybridized carbons (Fsp3) is 0.394. The lowest BCUT2D eigenvalue weighted by atomic mass is 10.0. The Balaban J connectivity index is 1.60. The van der Waals surface area contributed by atoms with Crippen molar-refractivity contribution >= 4 is 62.3 Å². The summed E-state index contributed by atoms with van der Waals surface area (Å²) >= 11 is 18.8. The van der Waals surface area contributed by atoms with Gasteiger partial charge >= 0.3 is 0 Å². The normalized spacial score (nSPS) is 14.2. The molecule has 1 aliphatic carbocycles. The molecule has 242 valence electrons. The van der Waals surface area contributed by atoms with Gasteiger partial charge in [-0.3, -0.25) is 13.9 Å². The maximum atomic E-state index is 14.1. The van der Waals surface area contributed by atoms with E-state index in [1.165, 1.54) is 17.5 Å². The fourth-order valence-corrected chi connectivity index (χ4v) is 7.10. The molecule has 1 N–H and O–H groups in total. The molecule has 45 heavy (non-hydrogen) atoms. The van der Waals surface area contributed by atoms with E-state index < -0.39 is 16.1 Å². The van der Waals surface area contributed by atoms with Gasteiger partial charge in [-0.15, -0.1) is 0 Å². The Morgan fingerprint density at radius 3 is 2.27 bits per heavy atom. The van der Waals surface area contributed by atoms with Gasteiger partial charge in [0, 0.05) is 32.0 Å². The molecule has 0 aliphatic heterocycles. The lowest BCUT2D eigenvalue weighted by Gasteiger charge is -2.33. The second-order valence-corrected chi connectivity index (χ2v) is 14.4. The Hall–Kier alpha value is -2.98. The number of nitrogens with zero attached hydrogens (tertiary/aromatic N) is 2. The molecule has 0 heterocycles. The van der Waals surface area contributed by atoms with Crippen LogP contribution in [0.5, 0.6) is 5.75 Å². The zero-order valence-corrected chi connectivity index (χ0v) is 28.4. The molecule has 1 saturated carbocycles. The molecule has 0 unspecified atom stereocenters. The maximum absolute atomic E-state index is 14.1. The zero-order chi connectivity index (χ0) is 32.6. The Morgan fingerprint density at radius 1 is 0.933 bits per heavy atom. The van der Waals surface area contributed by atoms with Gasteiger partial charge in [0.1, 0.15) is 11.8 Å². The number of carbonyl (C=O) groups excluding carboxylic acids is 2. The summed E-state index contributed by atoms with van der Waals surface area (Å²) in [6.45, 7) is 0.153. The largest absolute Gasteiger partial charge is 0.495 e. The van der Waals surface area contributed by atoms with Gasteiger partial charge in [0.2, 0.25) is 21.8 Å². The summed E-state index contributed by atoms with van der Waals surface area (Å²) in [6.07, 6.45) is 5.53. The number of benzene rings is 3. The zero-order valence-electron chi connectivity index (χ0n) is 25.3. The summed E-state index contributed by atoms with van der Waals surface area (Å²) in [5, 5.41) is 4.18. The number of sulfonamides is 1. The maximum Gasteiger partial charge on any atom is 0.243 e. The van der Waals surface area contributed by atoms with E-state index in [2.05, 4.69) is 5.32 Å². The predicted molar refractivity (Wildman–Crippen MR) is 181 cm³/mol. The minimum atomic E-state index is -3.70. The molecule has 3 aromatic rings. The quantitative estimate of drug-likeness (QED) is 0.198. The number of hydrogen-bond donors (Lipinski definition) is 1. The minimum absolute atomic E-state index is 0.000767. The summed E-state index contributed by atoms with van der Waals surface area (Å²) in [6, 6.07) is 18.7. The first-order valence-electron chi connectivity index (χ1n) is 14.8. The van der Waals surface area contributed by atoms with Crippen LogP contribution in [0.2, 0.25) is 15.1 Å².